The van der Waals surface area contributed by atoms with Gasteiger partial charge in [-0.1, -0.05) is 0 Å². The number of ether oxygens (including phenoxy) is 2. The highest BCUT2D eigenvalue weighted by atomic mass is 31.2. The van der Waals surface area contributed by atoms with Gasteiger partial charge in [-0.2, -0.15) is 4.98 Å². The van der Waals surface area contributed by atoms with Crippen molar-refractivity contribution in [1.82, 2.24) is 19.8 Å². The van der Waals surface area contributed by atoms with Gasteiger partial charge in [0.2, 0.25) is 0 Å². The van der Waals surface area contributed by atoms with E-state index >= 15 is 0 Å². The minimum absolute atomic E-state index is 0.0652. The van der Waals surface area contributed by atoms with E-state index in [0.29, 0.717) is 5.56 Å². The molecule has 3 saturated heterocycles. The second kappa shape index (κ2) is 9.18. The number of amides is 3. The van der Waals surface area contributed by atoms with Gasteiger partial charge in [0, 0.05) is 19.0 Å². The minimum Gasteiger partial charge on any atom is -0.394 e. The Bertz CT molecular complexity index is 1220. The number of hydrogen-bond donors (Lipinski definition) is 5. The van der Waals surface area contributed by atoms with Gasteiger partial charge in [-0.15, -0.1) is 0 Å². The molecule has 3 fully saturated rings. The van der Waals surface area contributed by atoms with E-state index < -0.39 is 87.2 Å². The van der Waals surface area contributed by atoms with Crippen LogP contribution in [0.3, 0.4) is 0 Å². The SMILES string of the molecule is Cc1cn2c(=O)nc1C1N(C(=O)NC(=O)[C@]1(C)O)[C@H]1C[C@H](OP(=O)(O)OCC3O[C@@H]2C[C@@H]3O)C(CO)O1. The highest BCUT2D eigenvalue weighted by molar-refractivity contribution is 7.47. The van der Waals surface area contributed by atoms with Crippen LogP contribution in [0.15, 0.2) is 11.0 Å². The Kier molecular flexibility index (Phi) is 6.54. The first-order valence-electron chi connectivity index (χ1n) is 11.5. The molecule has 37 heavy (non-hydrogen) atoms. The second-order valence-corrected chi connectivity index (χ2v) is 11.0. The summed E-state index contributed by atoms with van der Waals surface area (Å²) in [7, 11) is -4.78. The molecule has 16 nitrogen and oxygen atoms in total. The number of aryl methyl sites for hydroxylation is 1. The molecule has 5 aliphatic heterocycles. The van der Waals surface area contributed by atoms with Gasteiger partial charge in [0.15, 0.2) is 5.60 Å². The zero-order chi connectivity index (χ0) is 26.9. The number of nitrogens with one attached hydrogen (secondary N) is 1. The topological polar surface area (TPSA) is 219 Å². The fourth-order valence-corrected chi connectivity index (χ4v) is 6.07. The van der Waals surface area contributed by atoms with Crippen molar-refractivity contribution in [1.29, 1.82) is 0 Å². The fraction of sp³-hybridized carbons (Fsp3) is 0.700. The van der Waals surface area contributed by atoms with Gasteiger partial charge < -0.3 is 29.7 Å². The first kappa shape index (κ1) is 26.3. The molecule has 0 saturated carbocycles. The minimum atomic E-state index is -4.78. The van der Waals surface area contributed by atoms with E-state index in [1.165, 1.54) is 6.20 Å². The van der Waals surface area contributed by atoms with Gasteiger partial charge in [-0.3, -0.25) is 28.6 Å². The maximum atomic E-state index is 13.1. The summed E-state index contributed by atoms with van der Waals surface area (Å²) in [6.45, 7) is 1.47. The fourth-order valence-electron chi connectivity index (χ4n) is 5.11. The highest BCUT2D eigenvalue weighted by Crippen LogP contribution is 2.49. The predicted molar refractivity (Wildman–Crippen MR) is 118 cm³/mol. The average molecular weight is 546 g/mol. The van der Waals surface area contributed by atoms with Crippen LogP contribution in [0.1, 0.15) is 43.3 Å². The molecule has 5 aliphatic rings. The molecule has 6 heterocycles. The van der Waals surface area contributed by atoms with E-state index in [4.69, 9.17) is 18.5 Å². The van der Waals surface area contributed by atoms with Gasteiger partial charge >= 0.3 is 19.5 Å². The molecule has 6 rings (SSSR count). The van der Waals surface area contributed by atoms with Crippen LogP contribution >= 0.6 is 7.82 Å². The van der Waals surface area contributed by atoms with Crippen LogP contribution in [0, 0.1) is 6.92 Å². The van der Waals surface area contributed by atoms with Crippen molar-refractivity contribution < 1.29 is 52.9 Å². The first-order valence-corrected chi connectivity index (χ1v) is 13.0. The molecule has 0 aromatic carbocycles. The monoisotopic (exact) mass is 546 g/mol. The third kappa shape index (κ3) is 4.51. The molecule has 0 radical (unpaired) electrons. The Morgan fingerprint density at radius 2 is 1.95 bits per heavy atom. The Balaban J connectivity index is 1.66. The Hall–Kier alpha value is -2.27. The summed E-state index contributed by atoms with van der Waals surface area (Å²) in [5.74, 6) is -1.04. The molecule has 0 spiro atoms. The van der Waals surface area contributed by atoms with Gasteiger partial charge in [-0.05, 0) is 19.4 Å². The summed E-state index contributed by atoms with van der Waals surface area (Å²) in [6.07, 6.45) is -5.94. The standard InChI is InChI=1S/C20H27N4O12P/c1-8-5-23-13-3-9(26)12(35-13)7-33-37(31,32)36-10-4-14(34-11(10)6-25)24-16(15(8)21-18(23)28)20(2,30)17(27)22-19(24)29/h5,9-14,16,25-26,30H,3-4,6-7H2,1-2H3,(H,31,32)(H,22,27,29)/t9-,10-,11?,12?,13+,14+,16?,20+/m0/s1. The summed E-state index contributed by atoms with van der Waals surface area (Å²) in [5.41, 5.74) is -2.92. The van der Waals surface area contributed by atoms with E-state index in [2.05, 4.69) is 4.98 Å². The van der Waals surface area contributed by atoms with Crippen LogP contribution < -0.4 is 11.0 Å². The Morgan fingerprint density at radius 3 is 2.65 bits per heavy atom. The summed E-state index contributed by atoms with van der Waals surface area (Å²) in [5, 5.41) is 33.5. The maximum Gasteiger partial charge on any atom is 0.472 e. The van der Waals surface area contributed by atoms with Gasteiger partial charge in [-0.25, -0.2) is 14.2 Å². The molecule has 9 atom stereocenters. The van der Waals surface area contributed by atoms with Crippen LogP contribution in [0.4, 0.5) is 4.79 Å². The summed E-state index contributed by atoms with van der Waals surface area (Å²) in [6, 6.07) is -2.50. The second-order valence-electron chi connectivity index (χ2n) is 9.60. The van der Waals surface area contributed by atoms with E-state index in [1.54, 1.807) is 6.92 Å². The number of phosphoric ester groups is 1. The maximum absolute atomic E-state index is 13.1. The van der Waals surface area contributed by atoms with Crippen molar-refractivity contribution in [3.05, 3.63) is 27.9 Å². The van der Waals surface area contributed by atoms with Crippen LogP contribution in [-0.2, 0) is 27.9 Å². The lowest BCUT2D eigenvalue weighted by atomic mass is 9.87. The van der Waals surface area contributed by atoms with Crippen molar-refractivity contribution in [2.24, 2.45) is 0 Å². The zero-order valence-electron chi connectivity index (χ0n) is 19.8. The lowest BCUT2D eigenvalue weighted by molar-refractivity contribution is -0.159. The van der Waals surface area contributed by atoms with Crippen molar-refractivity contribution in [2.75, 3.05) is 13.2 Å². The average Bonchev–Trinajstić information content (AvgIpc) is 3.38. The molecule has 17 heteroatoms. The number of aliphatic hydroxyl groups is 3. The number of rotatable bonds is 1. The Labute approximate surface area is 209 Å². The third-order valence-electron chi connectivity index (χ3n) is 7.01. The smallest absolute Gasteiger partial charge is 0.394 e. The molecule has 4 unspecified atom stereocenters. The largest absolute Gasteiger partial charge is 0.472 e. The lowest BCUT2D eigenvalue weighted by Gasteiger charge is -2.45. The summed E-state index contributed by atoms with van der Waals surface area (Å²) >= 11 is 0. The Morgan fingerprint density at radius 1 is 1.22 bits per heavy atom. The number of hydrogen-bond acceptors (Lipinski definition) is 12. The van der Waals surface area contributed by atoms with Gasteiger partial charge in [0.1, 0.15) is 36.8 Å². The number of phosphoric acid groups is 1. The predicted octanol–water partition coefficient (Wildman–Crippen LogP) is -1.83. The number of aromatic nitrogens is 2. The van der Waals surface area contributed by atoms with Crippen LogP contribution in [0.25, 0.3) is 0 Å². The zero-order valence-corrected chi connectivity index (χ0v) is 20.7. The molecular formula is C20H27N4O12P. The molecule has 204 valence electrons. The van der Waals surface area contributed by atoms with Crippen molar-refractivity contribution in [3.8, 4) is 0 Å². The summed E-state index contributed by atoms with van der Waals surface area (Å²) in [4.78, 5) is 54.0. The normalized spacial score (nSPS) is 42.1. The van der Waals surface area contributed by atoms with Crippen LogP contribution in [0.5, 0.6) is 0 Å². The lowest BCUT2D eigenvalue weighted by Crippen LogP contribution is -2.67. The van der Waals surface area contributed by atoms with Crippen molar-refractivity contribution in [2.45, 2.75) is 75.2 Å². The van der Waals surface area contributed by atoms with Gasteiger partial charge in [0.05, 0.1) is 25.0 Å². The molecule has 0 aliphatic carbocycles. The third-order valence-corrected chi connectivity index (χ3v) is 8.03. The number of aliphatic hydroxyl groups excluding tert-OH is 2. The van der Waals surface area contributed by atoms with E-state index in [-0.39, 0.29) is 18.5 Å². The molecular weight excluding hydrogens is 519 g/mol. The number of carbonyl (C=O) groups excluding carboxylic acids is 2. The number of urea groups is 1. The number of fused-ring (bicyclic) bond motifs is 5. The molecule has 6 bridgehead atoms. The van der Waals surface area contributed by atoms with Crippen LogP contribution in [-0.4, -0.2) is 96.1 Å². The van der Waals surface area contributed by atoms with Gasteiger partial charge in [0.25, 0.3) is 5.91 Å². The molecule has 1 aromatic heterocycles. The molecule has 3 amide bonds. The highest BCUT2D eigenvalue weighted by Gasteiger charge is 2.56. The molecule has 1 aromatic rings. The van der Waals surface area contributed by atoms with E-state index in [0.717, 1.165) is 16.4 Å². The number of carbonyl (C=O) groups is 2. The summed E-state index contributed by atoms with van der Waals surface area (Å²) < 4.78 is 35.4. The number of imide groups is 1. The first-order chi connectivity index (χ1) is 17.3. The van der Waals surface area contributed by atoms with E-state index in [1.807, 2.05) is 5.32 Å². The number of nitrogens with zero attached hydrogens (tertiary/aromatic N) is 3. The molecule has 5 N–H and O–H groups in total. The van der Waals surface area contributed by atoms with Crippen LogP contribution in [0.2, 0.25) is 0 Å². The quantitative estimate of drug-likeness (QED) is 0.245. The van der Waals surface area contributed by atoms with E-state index in [9.17, 15) is 39.2 Å². The van der Waals surface area contributed by atoms with Crippen molar-refractivity contribution >= 4 is 19.8 Å². The van der Waals surface area contributed by atoms with Crippen molar-refractivity contribution in [3.63, 3.8) is 0 Å².